The molecule has 0 heteroatoms. The van der Waals surface area contributed by atoms with Gasteiger partial charge in [0.1, 0.15) is 0 Å². The summed E-state index contributed by atoms with van der Waals surface area (Å²) in [7, 11) is 0. The molecule has 2 atom stereocenters. The zero-order valence-corrected chi connectivity index (χ0v) is 18.6. The van der Waals surface area contributed by atoms with Crippen LogP contribution in [-0.2, 0) is 0 Å². The Kier molecular flexibility index (Phi) is 205. The first-order valence-electron chi connectivity index (χ1n) is 9.72. The summed E-state index contributed by atoms with van der Waals surface area (Å²) in [5, 5.41) is 0. The van der Waals surface area contributed by atoms with Crippen molar-refractivity contribution in [3.8, 4) is 0 Å². The van der Waals surface area contributed by atoms with E-state index < -0.39 is 0 Å². The summed E-state index contributed by atoms with van der Waals surface area (Å²) < 4.78 is 0. The average molecular weight is 295 g/mol. The van der Waals surface area contributed by atoms with Crippen molar-refractivity contribution in [1.29, 1.82) is 0 Å². The molecule has 0 heterocycles. The molecule has 0 aromatic rings. The molecule has 0 rings (SSSR count). The molecule has 0 aliphatic heterocycles. The lowest BCUT2D eigenvalue weighted by atomic mass is 9.92. The van der Waals surface area contributed by atoms with Gasteiger partial charge in [-0.05, 0) is 11.8 Å². The molecule has 0 aromatic carbocycles. The lowest BCUT2D eigenvalue weighted by Crippen LogP contribution is -2.04. The van der Waals surface area contributed by atoms with Crippen LogP contribution in [0.2, 0.25) is 0 Å². The van der Waals surface area contributed by atoms with Gasteiger partial charge in [-0.25, -0.2) is 0 Å². The predicted octanol–water partition coefficient (Wildman–Crippen LogP) is 9.24. The molecule has 0 aliphatic carbocycles. The lowest BCUT2D eigenvalue weighted by Gasteiger charge is -2.14. The lowest BCUT2D eigenvalue weighted by molar-refractivity contribution is 0.367. The zero-order valence-electron chi connectivity index (χ0n) is 18.6. The minimum Gasteiger partial charge on any atom is -0.0683 e. The third-order valence-corrected chi connectivity index (χ3v) is 2.26. The molecule has 0 nitrogen and oxygen atoms in total. The van der Waals surface area contributed by atoms with Gasteiger partial charge in [0.15, 0.2) is 0 Å². The Bertz CT molecular complexity index is 40.0. The van der Waals surface area contributed by atoms with Crippen LogP contribution in [0.5, 0.6) is 0 Å². The van der Waals surface area contributed by atoms with E-state index in [4.69, 9.17) is 0 Å². The molecule has 0 aliphatic rings. The van der Waals surface area contributed by atoms with Crippen molar-refractivity contribution in [2.45, 2.75) is 124 Å². The monoisotopic (exact) mass is 294 g/mol. The predicted molar refractivity (Wildman–Crippen MR) is 107 cm³/mol. The second kappa shape index (κ2) is 96.2. The summed E-state index contributed by atoms with van der Waals surface area (Å²) in [6.45, 7) is 33.2. The Balaban J connectivity index is -0.0000000238. The van der Waals surface area contributed by atoms with Crippen molar-refractivity contribution in [1.82, 2.24) is 0 Å². The summed E-state index contributed by atoms with van der Waals surface area (Å²) >= 11 is 0. The van der Waals surface area contributed by atoms with Crippen molar-refractivity contribution >= 4 is 0 Å². The summed E-state index contributed by atoms with van der Waals surface area (Å²) in [6.07, 6.45) is 2.66. The largest absolute Gasteiger partial charge is 0.0683 e. The normalized spacial score (nSPS) is 9.00. The van der Waals surface area contributed by atoms with Gasteiger partial charge in [0.25, 0.3) is 0 Å². The molecular weight excluding hydrogens is 240 g/mol. The van der Waals surface area contributed by atoms with Gasteiger partial charge in [0.05, 0.1) is 0 Å². The van der Waals surface area contributed by atoms with Gasteiger partial charge in [0.2, 0.25) is 0 Å². The van der Waals surface area contributed by atoms with Crippen LogP contribution in [0.25, 0.3) is 0 Å². The fraction of sp³-hybridized carbons (Fsp3) is 1.00. The molecule has 20 heavy (non-hydrogen) atoms. The van der Waals surface area contributed by atoms with E-state index >= 15 is 0 Å². The molecular formula is C20H54. The highest BCUT2D eigenvalue weighted by Gasteiger charge is 2.05. The molecule has 134 valence electrons. The Labute approximate surface area is 136 Å². The standard InChI is InChI=1S/C8H18.6C2H6/c1-5-7(3)8(4)6-2;6*1-2/h7-8H,5-6H2,1-4H3;6*1-2H3. The molecule has 2 unspecified atom stereocenters. The Morgan fingerprint density at radius 3 is 0.550 bits per heavy atom. The first-order valence-corrected chi connectivity index (χ1v) is 9.72. The van der Waals surface area contributed by atoms with Crippen LogP contribution in [0.1, 0.15) is 124 Å². The molecule has 0 spiro atoms. The highest BCUT2D eigenvalue weighted by Crippen LogP contribution is 2.16. The van der Waals surface area contributed by atoms with Crippen LogP contribution >= 0.6 is 0 Å². The van der Waals surface area contributed by atoms with Crippen LogP contribution in [0.15, 0.2) is 0 Å². The van der Waals surface area contributed by atoms with Gasteiger partial charge in [-0.1, -0.05) is 124 Å². The first kappa shape index (κ1) is 42.7. The Morgan fingerprint density at radius 2 is 0.500 bits per heavy atom. The minimum atomic E-state index is 0.917. The van der Waals surface area contributed by atoms with Crippen LogP contribution in [0.4, 0.5) is 0 Å². The molecule has 0 aromatic heterocycles. The second-order valence-electron chi connectivity index (χ2n) is 2.77. The Morgan fingerprint density at radius 1 is 0.400 bits per heavy atom. The zero-order chi connectivity index (χ0) is 18.6. The maximum atomic E-state index is 2.33. The van der Waals surface area contributed by atoms with Crippen LogP contribution < -0.4 is 0 Å². The fourth-order valence-electron chi connectivity index (χ4n) is 0.805. The minimum absolute atomic E-state index is 0.917. The molecule has 0 N–H and O–H groups in total. The second-order valence-corrected chi connectivity index (χ2v) is 2.77. The average Bonchev–Trinajstić information content (AvgIpc) is 2.63. The van der Waals surface area contributed by atoms with Crippen molar-refractivity contribution in [2.75, 3.05) is 0 Å². The van der Waals surface area contributed by atoms with Crippen molar-refractivity contribution < 1.29 is 0 Å². The smallest absolute Gasteiger partial charge is 0.0420 e. The van der Waals surface area contributed by atoms with Crippen molar-refractivity contribution in [3.63, 3.8) is 0 Å². The maximum Gasteiger partial charge on any atom is -0.0420 e. The Hall–Kier alpha value is 0. The molecule has 0 saturated carbocycles. The van der Waals surface area contributed by atoms with Gasteiger partial charge in [-0.2, -0.15) is 0 Å². The summed E-state index contributed by atoms with van der Waals surface area (Å²) in [5.41, 5.74) is 0. The molecule has 0 radical (unpaired) electrons. The topological polar surface area (TPSA) is 0 Å². The number of hydrogen-bond acceptors (Lipinski definition) is 0. The molecule has 0 bridgehead atoms. The SMILES string of the molecule is CC.CC.CC.CC.CC.CC.CCC(C)C(C)CC. The van der Waals surface area contributed by atoms with E-state index in [1.807, 2.05) is 83.1 Å². The van der Waals surface area contributed by atoms with E-state index in [0.717, 1.165) is 11.8 Å². The van der Waals surface area contributed by atoms with Crippen molar-refractivity contribution in [2.24, 2.45) is 11.8 Å². The highest BCUT2D eigenvalue weighted by molar-refractivity contribution is 4.56. The summed E-state index contributed by atoms with van der Waals surface area (Å²) in [6, 6.07) is 0. The van der Waals surface area contributed by atoms with Crippen LogP contribution in [0.3, 0.4) is 0 Å². The maximum absolute atomic E-state index is 2.33. The van der Waals surface area contributed by atoms with Gasteiger partial charge < -0.3 is 0 Å². The number of rotatable bonds is 3. The van der Waals surface area contributed by atoms with Crippen LogP contribution in [0, 0.1) is 11.8 Å². The van der Waals surface area contributed by atoms with Gasteiger partial charge >= 0.3 is 0 Å². The van der Waals surface area contributed by atoms with Crippen molar-refractivity contribution in [3.05, 3.63) is 0 Å². The van der Waals surface area contributed by atoms with E-state index in [-0.39, 0.29) is 0 Å². The first-order chi connectivity index (χ1) is 9.72. The molecule has 0 amide bonds. The molecule has 0 saturated heterocycles. The van der Waals surface area contributed by atoms with Gasteiger partial charge in [-0.3, -0.25) is 0 Å². The van der Waals surface area contributed by atoms with E-state index in [2.05, 4.69) is 27.7 Å². The third-order valence-electron chi connectivity index (χ3n) is 2.26. The van der Waals surface area contributed by atoms with Gasteiger partial charge in [-0.15, -0.1) is 0 Å². The van der Waals surface area contributed by atoms with E-state index in [9.17, 15) is 0 Å². The summed E-state index contributed by atoms with van der Waals surface area (Å²) in [5.74, 6) is 1.83. The van der Waals surface area contributed by atoms with E-state index in [1.54, 1.807) is 0 Å². The molecule has 0 fully saturated rings. The highest BCUT2D eigenvalue weighted by atomic mass is 14.1. The fourth-order valence-corrected chi connectivity index (χ4v) is 0.805. The van der Waals surface area contributed by atoms with E-state index in [0.29, 0.717) is 0 Å². The van der Waals surface area contributed by atoms with E-state index in [1.165, 1.54) is 12.8 Å². The third kappa shape index (κ3) is 81.3. The number of hydrogen-bond donors (Lipinski definition) is 0. The summed E-state index contributed by atoms with van der Waals surface area (Å²) in [4.78, 5) is 0. The quantitative estimate of drug-likeness (QED) is 0.486. The van der Waals surface area contributed by atoms with Crippen LogP contribution in [-0.4, -0.2) is 0 Å². The van der Waals surface area contributed by atoms with Gasteiger partial charge in [0, 0.05) is 0 Å².